The zero-order chi connectivity index (χ0) is 16.7. The Morgan fingerprint density at radius 3 is 2.67 bits per heavy atom. The number of benzene rings is 1. The molecule has 1 fully saturated rings. The molecule has 1 aliphatic carbocycles. The number of nitrogens with zero attached hydrogens (tertiary/aromatic N) is 2. The van der Waals surface area contributed by atoms with E-state index in [1.807, 2.05) is 44.2 Å². The number of aromatic nitrogens is 2. The molecule has 1 aromatic carbocycles. The van der Waals surface area contributed by atoms with Crippen LogP contribution in [0.1, 0.15) is 51.1 Å². The van der Waals surface area contributed by atoms with E-state index in [4.69, 9.17) is 4.98 Å². The molecule has 0 spiro atoms. The molecule has 0 unspecified atom stereocenters. The van der Waals surface area contributed by atoms with E-state index in [9.17, 15) is 4.79 Å². The van der Waals surface area contributed by atoms with Crippen molar-refractivity contribution in [3.63, 3.8) is 0 Å². The highest BCUT2D eigenvalue weighted by atomic mass is 32.1. The zero-order valence-electron chi connectivity index (χ0n) is 13.8. The molecule has 0 radical (unpaired) electrons. The van der Waals surface area contributed by atoms with Gasteiger partial charge in [0.25, 0.3) is 5.91 Å². The summed E-state index contributed by atoms with van der Waals surface area (Å²) >= 11 is 1.48. The number of nitrogens with one attached hydrogen (secondary N) is 1. The summed E-state index contributed by atoms with van der Waals surface area (Å²) in [5.41, 5.74) is 3.06. The van der Waals surface area contributed by atoms with E-state index in [-0.39, 0.29) is 5.91 Å². The molecule has 2 aromatic heterocycles. The summed E-state index contributed by atoms with van der Waals surface area (Å²) in [7, 11) is 0. The second-order valence-corrected chi connectivity index (χ2v) is 7.35. The topological polar surface area (TPSA) is 54.9 Å². The van der Waals surface area contributed by atoms with Crippen LogP contribution in [0.15, 0.2) is 30.3 Å². The molecule has 24 heavy (non-hydrogen) atoms. The highest BCUT2D eigenvalue weighted by molar-refractivity contribution is 7.20. The van der Waals surface area contributed by atoms with E-state index >= 15 is 0 Å². The molecular formula is C19H19N3OS. The van der Waals surface area contributed by atoms with Gasteiger partial charge in [-0.15, -0.1) is 11.3 Å². The molecule has 0 saturated heterocycles. The number of hydrogen-bond acceptors (Lipinski definition) is 4. The summed E-state index contributed by atoms with van der Waals surface area (Å²) in [4.78, 5) is 23.6. The highest BCUT2D eigenvalue weighted by Gasteiger charge is 2.28. The maximum absolute atomic E-state index is 12.6. The van der Waals surface area contributed by atoms with Crippen LogP contribution in [-0.2, 0) is 6.54 Å². The molecule has 5 heteroatoms. The second-order valence-electron chi connectivity index (χ2n) is 6.35. The average Bonchev–Trinajstić information content (AvgIpc) is 3.38. The molecule has 1 saturated carbocycles. The highest BCUT2D eigenvalue weighted by Crippen LogP contribution is 2.40. The summed E-state index contributed by atoms with van der Waals surface area (Å²) in [6.07, 6.45) is 2.36. The van der Waals surface area contributed by atoms with Crippen molar-refractivity contribution >= 4 is 27.5 Å². The number of amides is 1. The standard InChI is InChI=1S/C19H19N3OS/c1-11-15-12(2)21-17(14-8-9-14)22-19(15)24-16(11)18(23)20-10-13-6-4-3-5-7-13/h3-7,14H,8-10H2,1-2H3,(H,20,23). The van der Waals surface area contributed by atoms with Crippen LogP contribution in [-0.4, -0.2) is 15.9 Å². The second kappa shape index (κ2) is 5.98. The fraction of sp³-hybridized carbons (Fsp3) is 0.316. The molecule has 4 rings (SSSR count). The molecule has 3 aromatic rings. The first-order valence-electron chi connectivity index (χ1n) is 8.23. The largest absolute Gasteiger partial charge is 0.347 e. The number of carbonyl (C=O) groups excluding carboxylic acids is 1. The number of carbonyl (C=O) groups is 1. The third kappa shape index (κ3) is 2.80. The molecule has 0 bridgehead atoms. The van der Waals surface area contributed by atoms with Crippen molar-refractivity contribution in [2.24, 2.45) is 0 Å². The Kier molecular flexibility index (Phi) is 3.81. The lowest BCUT2D eigenvalue weighted by Gasteiger charge is -2.04. The fourth-order valence-corrected chi connectivity index (χ4v) is 4.11. The Morgan fingerprint density at radius 1 is 1.21 bits per heavy atom. The molecule has 2 heterocycles. The maximum atomic E-state index is 12.6. The van der Waals surface area contributed by atoms with Crippen LogP contribution in [0.25, 0.3) is 10.2 Å². The monoisotopic (exact) mass is 337 g/mol. The predicted octanol–water partition coefficient (Wildman–Crippen LogP) is 4.12. The van der Waals surface area contributed by atoms with Crippen molar-refractivity contribution in [3.05, 3.63) is 57.9 Å². The number of rotatable bonds is 4. The molecule has 122 valence electrons. The van der Waals surface area contributed by atoms with Crippen LogP contribution in [0.5, 0.6) is 0 Å². The van der Waals surface area contributed by atoms with Gasteiger partial charge in [0, 0.05) is 17.8 Å². The Labute approximate surface area is 145 Å². The van der Waals surface area contributed by atoms with Gasteiger partial charge in [0.1, 0.15) is 10.7 Å². The third-order valence-electron chi connectivity index (χ3n) is 4.43. The van der Waals surface area contributed by atoms with Gasteiger partial charge in [-0.3, -0.25) is 4.79 Å². The van der Waals surface area contributed by atoms with Crippen molar-refractivity contribution < 1.29 is 4.79 Å². The maximum Gasteiger partial charge on any atom is 0.261 e. The minimum absolute atomic E-state index is 0.0354. The van der Waals surface area contributed by atoms with Crippen LogP contribution in [0.3, 0.4) is 0 Å². The average molecular weight is 337 g/mol. The minimum atomic E-state index is -0.0354. The summed E-state index contributed by atoms with van der Waals surface area (Å²) in [5.74, 6) is 1.43. The fourth-order valence-electron chi connectivity index (χ4n) is 2.96. The summed E-state index contributed by atoms with van der Waals surface area (Å²) in [6, 6.07) is 9.95. The molecule has 0 atom stereocenters. The Balaban J connectivity index is 1.62. The van der Waals surface area contributed by atoms with E-state index in [1.165, 1.54) is 24.2 Å². The summed E-state index contributed by atoms with van der Waals surface area (Å²) in [6.45, 7) is 4.54. The summed E-state index contributed by atoms with van der Waals surface area (Å²) < 4.78 is 0. The Bertz CT molecular complexity index is 913. The molecule has 1 N–H and O–H groups in total. The molecule has 0 aliphatic heterocycles. The van der Waals surface area contributed by atoms with Gasteiger partial charge in [-0.1, -0.05) is 30.3 Å². The number of hydrogen-bond donors (Lipinski definition) is 1. The molecular weight excluding hydrogens is 318 g/mol. The van der Waals surface area contributed by atoms with Gasteiger partial charge in [-0.25, -0.2) is 9.97 Å². The van der Waals surface area contributed by atoms with Gasteiger partial charge in [0.15, 0.2) is 0 Å². The lowest BCUT2D eigenvalue weighted by Crippen LogP contribution is -2.22. The summed E-state index contributed by atoms with van der Waals surface area (Å²) in [5, 5.41) is 4.05. The number of fused-ring (bicyclic) bond motifs is 1. The van der Waals surface area contributed by atoms with E-state index in [1.54, 1.807) is 0 Å². The van der Waals surface area contributed by atoms with Gasteiger partial charge in [-0.2, -0.15) is 0 Å². The van der Waals surface area contributed by atoms with Gasteiger partial charge in [-0.05, 0) is 37.8 Å². The van der Waals surface area contributed by atoms with Crippen molar-refractivity contribution in [1.29, 1.82) is 0 Å². The number of thiophene rings is 1. The van der Waals surface area contributed by atoms with Gasteiger partial charge >= 0.3 is 0 Å². The molecule has 1 amide bonds. The molecule has 1 aliphatic rings. The lowest BCUT2D eigenvalue weighted by molar-refractivity contribution is 0.0954. The van der Waals surface area contributed by atoms with Crippen molar-refractivity contribution in [3.8, 4) is 0 Å². The van der Waals surface area contributed by atoms with Crippen molar-refractivity contribution in [2.75, 3.05) is 0 Å². The van der Waals surface area contributed by atoms with E-state index in [0.717, 1.165) is 37.7 Å². The van der Waals surface area contributed by atoms with Crippen LogP contribution < -0.4 is 5.32 Å². The zero-order valence-corrected chi connectivity index (χ0v) is 14.6. The Hall–Kier alpha value is -2.27. The van der Waals surface area contributed by atoms with E-state index < -0.39 is 0 Å². The van der Waals surface area contributed by atoms with Crippen molar-refractivity contribution in [2.45, 2.75) is 39.2 Å². The number of aryl methyl sites for hydroxylation is 2. The first kappa shape index (κ1) is 15.3. The van der Waals surface area contributed by atoms with Crippen molar-refractivity contribution in [1.82, 2.24) is 15.3 Å². The van der Waals surface area contributed by atoms with Gasteiger partial charge in [0.05, 0.1) is 10.6 Å². The van der Waals surface area contributed by atoms with E-state index in [0.29, 0.717) is 12.5 Å². The Morgan fingerprint density at radius 2 is 1.96 bits per heavy atom. The first-order chi connectivity index (χ1) is 11.6. The van der Waals surface area contributed by atoms with Gasteiger partial charge < -0.3 is 5.32 Å². The van der Waals surface area contributed by atoms with Crippen LogP contribution in [0.2, 0.25) is 0 Å². The van der Waals surface area contributed by atoms with Crippen LogP contribution in [0, 0.1) is 13.8 Å². The van der Waals surface area contributed by atoms with Crippen LogP contribution in [0.4, 0.5) is 0 Å². The van der Waals surface area contributed by atoms with Crippen LogP contribution >= 0.6 is 11.3 Å². The third-order valence-corrected chi connectivity index (χ3v) is 5.62. The smallest absolute Gasteiger partial charge is 0.261 e. The molecule has 4 nitrogen and oxygen atoms in total. The minimum Gasteiger partial charge on any atom is -0.347 e. The normalized spacial score (nSPS) is 14.1. The predicted molar refractivity (Wildman–Crippen MR) is 96.5 cm³/mol. The SMILES string of the molecule is Cc1nc(C2CC2)nc2sc(C(=O)NCc3ccccc3)c(C)c12. The van der Waals surface area contributed by atoms with E-state index in [2.05, 4.69) is 10.3 Å². The van der Waals surface area contributed by atoms with Gasteiger partial charge in [0.2, 0.25) is 0 Å². The lowest BCUT2D eigenvalue weighted by atomic mass is 10.1. The quantitative estimate of drug-likeness (QED) is 0.779. The first-order valence-corrected chi connectivity index (χ1v) is 9.05.